The van der Waals surface area contributed by atoms with Crippen LogP contribution in [0.5, 0.6) is 0 Å². The largest absolute Gasteiger partial charge is 0.320 e. The summed E-state index contributed by atoms with van der Waals surface area (Å²) in [6.45, 7) is 0. The number of nitrogens with zero attached hydrogens (tertiary/aromatic N) is 1. The molecule has 1 aliphatic rings. The number of amides is 1. The van der Waals surface area contributed by atoms with Gasteiger partial charge in [-0.05, 0) is 60.7 Å². The van der Waals surface area contributed by atoms with Crippen molar-refractivity contribution in [1.82, 2.24) is 0 Å². The van der Waals surface area contributed by atoms with Crippen molar-refractivity contribution in [2.75, 3.05) is 11.9 Å². The first-order valence-electron chi connectivity index (χ1n) is 6.07. The number of nitrogens with two attached hydrogens (primary N) is 1. The second-order valence-electron chi connectivity index (χ2n) is 4.77. The van der Waals surface area contributed by atoms with Crippen molar-refractivity contribution in [1.29, 1.82) is 0 Å². The van der Waals surface area contributed by atoms with Gasteiger partial charge in [-0.1, -0.05) is 12.1 Å². The lowest BCUT2D eigenvalue weighted by atomic mass is 9.99. The zero-order valence-electron chi connectivity index (χ0n) is 10.7. The summed E-state index contributed by atoms with van der Waals surface area (Å²) < 4.78 is 2.08. The van der Waals surface area contributed by atoms with E-state index in [-0.39, 0.29) is 11.9 Å². The Morgan fingerprint density at radius 2 is 2.10 bits per heavy atom. The second-order valence-corrected chi connectivity index (χ2v) is 8.52. The molecule has 0 radical (unpaired) electrons. The molecule has 3 nitrogen and oxygen atoms in total. The van der Waals surface area contributed by atoms with E-state index in [0.717, 1.165) is 30.0 Å². The molecule has 1 amide bonds. The van der Waals surface area contributed by atoms with Crippen molar-refractivity contribution in [3.05, 3.63) is 48.5 Å². The molecule has 0 spiro atoms. The monoisotopic (exact) mass is 414 g/mol. The molecule has 2 aromatic rings. The van der Waals surface area contributed by atoms with Crippen molar-refractivity contribution < 1.29 is 4.79 Å². The summed E-state index contributed by atoms with van der Waals surface area (Å²) in [7, 11) is 1.81. The number of carbonyl (C=O) groups excluding carboxylic acids is 1. The molecule has 6 heteroatoms. The molecule has 20 heavy (non-hydrogen) atoms. The molecular formula is C14H12Br2N2OS. The predicted octanol–water partition coefficient (Wildman–Crippen LogP) is 3.84. The molecule has 2 heterocycles. The molecule has 2 N–H and O–H groups in total. The maximum Gasteiger partial charge on any atom is 0.231 e. The zero-order valence-corrected chi connectivity index (χ0v) is 14.7. The van der Waals surface area contributed by atoms with E-state index >= 15 is 0 Å². The molecule has 0 saturated carbocycles. The number of likely N-dealkylation sites (N-methyl/N-ethyl adjacent to an activating group) is 1. The lowest BCUT2D eigenvalue weighted by molar-refractivity contribution is -0.117. The van der Waals surface area contributed by atoms with Crippen LogP contribution in [0, 0.1) is 0 Å². The minimum absolute atomic E-state index is 0.130. The first-order valence-corrected chi connectivity index (χ1v) is 8.47. The lowest BCUT2D eigenvalue weighted by Gasteiger charge is -2.14. The number of fused-ring (bicyclic) bond motifs is 1. The Kier molecular flexibility index (Phi) is 3.75. The third-order valence-corrected chi connectivity index (χ3v) is 5.94. The highest BCUT2D eigenvalue weighted by Gasteiger charge is 2.25. The van der Waals surface area contributed by atoms with E-state index in [1.54, 1.807) is 23.3 Å². The lowest BCUT2D eigenvalue weighted by Crippen LogP contribution is -2.20. The highest BCUT2D eigenvalue weighted by Crippen LogP contribution is 2.38. The van der Waals surface area contributed by atoms with Crippen LogP contribution in [0.1, 0.15) is 22.7 Å². The summed E-state index contributed by atoms with van der Waals surface area (Å²) in [6.07, 6.45) is 0.459. The SMILES string of the molecule is CN1C(=O)Cc2cc(C(N)c3cc(Br)sc3Br)ccc21. The number of benzene rings is 1. The fourth-order valence-electron chi connectivity index (χ4n) is 2.43. The summed E-state index contributed by atoms with van der Waals surface area (Å²) >= 11 is 8.62. The molecule has 1 unspecified atom stereocenters. The smallest absolute Gasteiger partial charge is 0.231 e. The summed E-state index contributed by atoms with van der Waals surface area (Å²) in [5.74, 6) is 0.130. The molecule has 3 rings (SSSR count). The van der Waals surface area contributed by atoms with Gasteiger partial charge in [-0.15, -0.1) is 11.3 Å². The van der Waals surface area contributed by atoms with E-state index < -0.39 is 0 Å². The van der Waals surface area contributed by atoms with E-state index in [1.807, 2.05) is 24.3 Å². The van der Waals surface area contributed by atoms with Crippen LogP contribution in [0.4, 0.5) is 5.69 Å². The number of anilines is 1. The van der Waals surface area contributed by atoms with Crippen LogP contribution in [-0.4, -0.2) is 13.0 Å². The molecule has 104 valence electrons. The Labute approximate surface area is 138 Å². The van der Waals surface area contributed by atoms with Crippen LogP contribution >= 0.6 is 43.2 Å². The first-order chi connectivity index (χ1) is 9.47. The zero-order chi connectivity index (χ0) is 14.4. The Morgan fingerprint density at radius 3 is 2.75 bits per heavy atom. The van der Waals surface area contributed by atoms with E-state index in [1.165, 1.54) is 0 Å². The van der Waals surface area contributed by atoms with Gasteiger partial charge < -0.3 is 10.6 Å². The standard InChI is InChI=1S/C14H12Br2N2OS/c1-18-10-3-2-7(4-8(10)5-12(18)19)13(17)9-6-11(15)20-14(9)16/h2-4,6,13H,5,17H2,1H3. The summed E-state index contributed by atoms with van der Waals surface area (Å²) in [5.41, 5.74) is 10.5. The molecule has 0 aliphatic carbocycles. The molecule has 0 saturated heterocycles. The summed E-state index contributed by atoms with van der Waals surface area (Å²) in [4.78, 5) is 13.4. The van der Waals surface area contributed by atoms with Crippen LogP contribution < -0.4 is 10.6 Å². The number of rotatable bonds is 2. The maximum atomic E-state index is 11.7. The van der Waals surface area contributed by atoms with Gasteiger partial charge in [-0.3, -0.25) is 4.79 Å². The van der Waals surface area contributed by atoms with Gasteiger partial charge in [0.2, 0.25) is 5.91 Å². The van der Waals surface area contributed by atoms with Crippen LogP contribution in [0.15, 0.2) is 31.8 Å². The van der Waals surface area contributed by atoms with Crippen molar-refractivity contribution in [2.24, 2.45) is 5.73 Å². The molecule has 0 fully saturated rings. The number of hydrogen-bond acceptors (Lipinski definition) is 3. The maximum absolute atomic E-state index is 11.7. The van der Waals surface area contributed by atoms with Gasteiger partial charge in [0.25, 0.3) is 0 Å². The van der Waals surface area contributed by atoms with Crippen molar-refractivity contribution in [3.63, 3.8) is 0 Å². The highest BCUT2D eigenvalue weighted by molar-refractivity contribution is 9.12. The van der Waals surface area contributed by atoms with Gasteiger partial charge in [0, 0.05) is 12.7 Å². The molecule has 1 aromatic carbocycles. The minimum atomic E-state index is -0.196. The summed E-state index contributed by atoms with van der Waals surface area (Å²) in [5, 5.41) is 0. The Balaban J connectivity index is 1.98. The fourth-order valence-corrected chi connectivity index (χ4v) is 5.36. The average Bonchev–Trinajstić information content (AvgIpc) is 2.89. The highest BCUT2D eigenvalue weighted by atomic mass is 79.9. The van der Waals surface area contributed by atoms with Crippen LogP contribution in [0.3, 0.4) is 0 Å². The Hall–Kier alpha value is -0.690. The molecular weight excluding hydrogens is 404 g/mol. The predicted molar refractivity (Wildman–Crippen MR) is 89.3 cm³/mol. The Morgan fingerprint density at radius 1 is 1.35 bits per heavy atom. The normalized spacial score (nSPS) is 15.6. The van der Waals surface area contributed by atoms with E-state index in [2.05, 4.69) is 31.9 Å². The van der Waals surface area contributed by atoms with Crippen molar-refractivity contribution >= 4 is 54.8 Å². The molecule has 1 atom stereocenters. The van der Waals surface area contributed by atoms with Crippen LogP contribution in [0.2, 0.25) is 0 Å². The van der Waals surface area contributed by atoms with Gasteiger partial charge in [0.1, 0.15) is 0 Å². The number of thiophene rings is 1. The van der Waals surface area contributed by atoms with Crippen molar-refractivity contribution in [3.8, 4) is 0 Å². The molecule has 0 bridgehead atoms. The van der Waals surface area contributed by atoms with Gasteiger partial charge in [-0.25, -0.2) is 0 Å². The number of carbonyl (C=O) groups is 1. The first kappa shape index (κ1) is 14.3. The minimum Gasteiger partial charge on any atom is -0.320 e. The third-order valence-electron chi connectivity index (χ3n) is 3.56. The number of halogens is 2. The second kappa shape index (κ2) is 5.26. The van der Waals surface area contributed by atoms with Gasteiger partial charge in [0.05, 0.1) is 20.0 Å². The van der Waals surface area contributed by atoms with Crippen LogP contribution in [0.25, 0.3) is 0 Å². The van der Waals surface area contributed by atoms with E-state index in [0.29, 0.717) is 6.42 Å². The third kappa shape index (κ3) is 2.35. The van der Waals surface area contributed by atoms with Crippen LogP contribution in [-0.2, 0) is 11.2 Å². The van der Waals surface area contributed by atoms with Gasteiger partial charge in [-0.2, -0.15) is 0 Å². The summed E-state index contributed by atoms with van der Waals surface area (Å²) in [6, 6.07) is 7.85. The van der Waals surface area contributed by atoms with E-state index in [4.69, 9.17) is 5.73 Å². The van der Waals surface area contributed by atoms with Crippen molar-refractivity contribution in [2.45, 2.75) is 12.5 Å². The Bertz CT molecular complexity index is 698. The number of hydrogen-bond donors (Lipinski definition) is 1. The quantitative estimate of drug-likeness (QED) is 0.809. The van der Waals surface area contributed by atoms with Gasteiger partial charge >= 0.3 is 0 Å². The molecule has 1 aromatic heterocycles. The average molecular weight is 416 g/mol. The van der Waals surface area contributed by atoms with E-state index in [9.17, 15) is 4.79 Å². The van der Waals surface area contributed by atoms with Gasteiger partial charge in [0.15, 0.2) is 0 Å². The topological polar surface area (TPSA) is 46.3 Å². The fraction of sp³-hybridized carbons (Fsp3) is 0.214. The molecule has 1 aliphatic heterocycles.